The predicted molar refractivity (Wildman–Crippen MR) is 143 cm³/mol. The van der Waals surface area contributed by atoms with Crippen molar-refractivity contribution in [2.75, 3.05) is 19.6 Å². The number of hydrogen-bond donors (Lipinski definition) is 1. The van der Waals surface area contributed by atoms with Crippen molar-refractivity contribution in [3.05, 3.63) is 33.8 Å². The zero-order valence-corrected chi connectivity index (χ0v) is 23.3. The van der Waals surface area contributed by atoms with Gasteiger partial charge in [-0.25, -0.2) is 9.97 Å². The molecule has 1 fully saturated rings. The van der Waals surface area contributed by atoms with Crippen molar-refractivity contribution < 1.29 is 9.59 Å². The average Bonchev–Trinajstić information content (AvgIpc) is 3.59. The maximum Gasteiger partial charge on any atom is 0.225 e. The Hall–Kier alpha value is -2.26. The third-order valence-electron chi connectivity index (χ3n) is 7.75. The summed E-state index contributed by atoms with van der Waals surface area (Å²) in [6, 6.07) is 0.915. The van der Waals surface area contributed by atoms with Gasteiger partial charge in [-0.2, -0.15) is 0 Å². The summed E-state index contributed by atoms with van der Waals surface area (Å²) < 4.78 is 2.48. The number of hydrogen-bond acceptors (Lipinski definition) is 6. The van der Waals surface area contributed by atoms with Crippen LogP contribution in [-0.4, -0.2) is 61.8 Å². The Morgan fingerprint density at radius 3 is 2.75 bits per heavy atom. The highest BCUT2D eigenvalue weighted by atomic mass is 32.1. The smallest absolute Gasteiger partial charge is 0.225 e. The van der Waals surface area contributed by atoms with E-state index in [9.17, 15) is 9.59 Å². The van der Waals surface area contributed by atoms with Gasteiger partial charge < -0.3 is 19.7 Å². The molecule has 2 aliphatic heterocycles. The fourth-order valence-corrected chi connectivity index (χ4v) is 6.73. The van der Waals surface area contributed by atoms with Gasteiger partial charge >= 0.3 is 0 Å². The van der Waals surface area contributed by atoms with Gasteiger partial charge in [0.1, 0.15) is 10.8 Å². The second-order valence-electron chi connectivity index (χ2n) is 10.6. The highest BCUT2D eigenvalue weighted by molar-refractivity contribution is 7.09. The number of likely N-dealkylation sites (tertiary alicyclic amines) is 1. The van der Waals surface area contributed by atoms with E-state index in [0.29, 0.717) is 18.6 Å². The standard InChI is InChI=1S/C27H42N6O2S/c1-6-21(33-19(4)29-24-17-32(14-10-25(24)33)27(35)18(2)3)16-22-8-7-12-31(22)13-9-23(30-20(5)34)26-28-11-15-36-26/h11,15,18,21-23H,6-10,12-14,16-17H2,1-5H3,(H,30,34). The van der Waals surface area contributed by atoms with Crippen LogP contribution in [-0.2, 0) is 22.6 Å². The summed E-state index contributed by atoms with van der Waals surface area (Å²) >= 11 is 1.61. The third-order valence-corrected chi connectivity index (χ3v) is 8.63. The first-order chi connectivity index (χ1) is 17.3. The molecule has 3 unspecified atom stereocenters. The fourth-order valence-electron chi connectivity index (χ4n) is 6.01. The molecule has 8 nitrogen and oxygen atoms in total. The number of aryl methyl sites for hydroxylation is 1. The maximum atomic E-state index is 12.6. The Bertz CT molecular complexity index is 1030. The molecule has 198 valence electrons. The minimum Gasteiger partial charge on any atom is -0.347 e. The molecule has 0 aliphatic carbocycles. The van der Waals surface area contributed by atoms with Gasteiger partial charge in [-0.05, 0) is 45.6 Å². The van der Waals surface area contributed by atoms with Crippen LogP contribution < -0.4 is 5.32 Å². The number of rotatable bonds is 10. The van der Waals surface area contributed by atoms with Crippen molar-refractivity contribution in [2.24, 2.45) is 5.92 Å². The number of imidazole rings is 1. The van der Waals surface area contributed by atoms with Gasteiger partial charge in [0.05, 0.1) is 18.3 Å². The topological polar surface area (TPSA) is 83.4 Å². The molecule has 2 aromatic heterocycles. The van der Waals surface area contributed by atoms with E-state index in [0.717, 1.165) is 61.8 Å². The van der Waals surface area contributed by atoms with Gasteiger partial charge in [0, 0.05) is 61.7 Å². The van der Waals surface area contributed by atoms with Crippen LogP contribution in [0.5, 0.6) is 0 Å². The summed E-state index contributed by atoms with van der Waals surface area (Å²) in [6.07, 6.45) is 8.17. The summed E-state index contributed by atoms with van der Waals surface area (Å²) in [5.74, 6) is 1.31. The van der Waals surface area contributed by atoms with E-state index < -0.39 is 0 Å². The van der Waals surface area contributed by atoms with Gasteiger partial charge in [-0.15, -0.1) is 11.3 Å². The van der Waals surface area contributed by atoms with Gasteiger partial charge in [0.25, 0.3) is 0 Å². The number of thiazole rings is 1. The van der Waals surface area contributed by atoms with Crippen LogP contribution in [0.1, 0.15) is 94.1 Å². The minimum atomic E-state index is -0.0230. The van der Waals surface area contributed by atoms with E-state index in [4.69, 9.17) is 4.98 Å². The zero-order chi connectivity index (χ0) is 25.8. The van der Waals surface area contributed by atoms with Crippen LogP contribution in [0.25, 0.3) is 0 Å². The number of fused-ring (bicyclic) bond motifs is 1. The predicted octanol–water partition coefficient (Wildman–Crippen LogP) is 4.26. The first-order valence-electron chi connectivity index (χ1n) is 13.5. The lowest BCUT2D eigenvalue weighted by atomic mass is 10.0. The van der Waals surface area contributed by atoms with E-state index >= 15 is 0 Å². The molecular formula is C27H42N6O2S. The molecule has 2 aliphatic rings. The Morgan fingerprint density at radius 1 is 1.28 bits per heavy atom. The van der Waals surface area contributed by atoms with Crippen LogP contribution in [0.3, 0.4) is 0 Å². The fraction of sp³-hybridized carbons (Fsp3) is 0.704. The molecule has 0 radical (unpaired) electrons. The van der Waals surface area contributed by atoms with Gasteiger partial charge in [-0.1, -0.05) is 20.8 Å². The quantitative estimate of drug-likeness (QED) is 0.512. The normalized spacial score (nSPS) is 19.9. The molecule has 2 aromatic rings. The van der Waals surface area contributed by atoms with E-state index in [1.807, 2.05) is 30.3 Å². The Balaban J connectivity index is 1.43. The van der Waals surface area contributed by atoms with Crippen molar-refractivity contribution in [3.8, 4) is 0 Å². The molecule has 36 heavy (non-hydrogen) atoms. The Morgan fingerprint density at radius 2 is 2.08 bits per heavy atom. The first kappa shape index (κ1) is 26.8. The molecule has 0 saturated carbocycles. The lowest BCUT2D eigenvalue weighted by Gasteiger charge is -2.32. The molecule has 9 heteroatoms. The van der Waals surface area contributed by atoms with Gasteiger partial charge in [-0.3, -0.25) is 9.59 Å². The molecule has 1 N–H and O–H groups in total. The summed E-state index contributed by atoms with van der Waals surface area (Å²) in [4.78, 5) is 38.3. The van der Waals surface area contributed by atoms with Crippen molar-refractivity contribution in [1.82, 2.24) is 29.7 Å². The molecule has 3 atom stereocenters. The summed E-state index contributed by atoms with van der Waals surface area (Å²) in [5, 5.41) is 6.05. The van der Waals surface area contributed by atoms with Gasteiger partial charge in [0.2, 0.25) is 11.8 Å². The first-order valence-corrected chi connectivity index (χ1v) is 14.4. The van der Waals surface area contributed by atoms with Crippen molar-refractivity contribution >= 4 is 23.2 Å². The molecule has 4 heterocycles. The number of nitrogens with one attached hydrogen (secondary N) is 1. The van der Waals surface area contributed by atoms with Crippen molar-refractivity contribution in [2.45, 2.75) is 97.8 Å². The lowest BCUT2D eigenvalue weighted by Crippen LogP contribution is -2.39. The van der Waals surface area contributed by atoms with Gasteiger partial charge in [0.15, 0.2) is 0 Å². The largest absolute Gasteiger partial charge is 0.347 e. The van der Waals surface area contributed by atoms with Crippen LogP contribution in [0.15, 0.2) is 11.6 Å². The monoisotopic (exact) mass is 514 g/mol. The molecule has 2 amide bonds. The zero-order valence-electron chi connectivity index (χ0n) is 22.5. The highest BCUT2D eigenvalue weighted by Crippen LogP contribution is 2.33. The van der Waals surface area contributed by atoms with Crippen molar-refractivity contribution in [1.29, 1.82) is 0 Å². The number of carbonyl (C=O) groups is 2. The number of nitrogens with zero attached hydrogens (tertiary/aromatic N) is 5. The number of amides is 2. The molecule has 4 rings (SSSR count). The summed E-state index contributed by atoms with van der Waals surface area (Å²) in [5.41, 5.74) is 2.40. The van der Waals surface area contributed by atoms with E-state index in [1.54, 1.807) is 18.3 Å². The average molecular weight is 515 g/mol. The highest BCUT2D eigenvalue weighted by Gasteiger charge is 2.32. The SMILES string of the molecule is CCC(CC1CCCN1CCC(NC(C)=O)c1nccs1)n1c(C)nc2c1CCN(C(=O)C(C)C)C2. The molecule has 0 aromatic carbocycles. The molecule has 0 spiro atoms. The maximum absolute atomic E-state index is 12.6. The summed E-state index contributed by atoms with van der Waals surface area (Å²) in [6.45, 7) is 13.4. The third kappa shape index (κ3) is 5.99. The number of carbonyl (C=O) groups excluding carboxylic acids is 2. The van der Waals surface area contributed by atoms with Crippen LogP contribution >= 0.6 is 11.3 Å². The molecule has 0 bridgehead atoms. The molecule has 1 saturated heterocycles. The molecular weight excluding hydrogens is 472 g/mol. The van der Waals surface area contributed by atoms with Crippen LogP contribution in [0.4, 0.5) is 0 Å². The lowest BCUT2D eigenvalue weighted by molar-refractivity contribution is -0.135. The summed E-state index contributed by atoms with van der Waals surface area (Å²) in [7, 11) is 0. The van der Waals surface area contributed by atoms with E-state index in [-0.39, 0.29) is 23.8 Å². The Labute approximate surface area is 219 Å². The van der Waals surface area contributed by atoms with Crippen LogP contribution in [0.2, 0.25) is 0 Å². The second-order valence-corrected chi connectivity index (χ2v) is 11.6. The van der Waals surface area contributed by atoms with E-state index in [2.05, 4.69) is 33.6 Å². The van der Waals surface area contributed by atoms with Crippen LogP contribution in [0, 0.1) is 12.8 Å². The second kappa shape index (κ2) is 11.9. The minimum absolute atomic E-state index is 0.00626. The van der Waals surface area contributed by atoms with E-state index in [1.165, 1.54) is 18.5 Å². The Kier molecular flexibility index (Phi) is 8.83. The van der Waals surface area contributed by atoms with Crippen molar-refractivity contribution in [3.63, 3.8) is 0 Å². The number of aromatic nitrogens is 3.